The van der Waals surface area contributed by atoms with Crippen LogP contribution in [0.15, 0.2) is 71.3 Å². The Labute approximate surface area is 135 Å². The van der Waals surface area contributed by atoms with Crippen LogP contribution in [0.25, 0.3) is 33.4 Å². The second-order valence-corrected chi connectivity index (χ2v) is 5.83. The topological polar surface area (TPSA) is 26.0 Å². The Balaban J connectivity index is 1.86. The van der Waals surface area contributed by atoms with Crippen LogP contribution in [-0.4, -0.2) is 4.98 Å². The van der Waals surface area contributed by atoms with Crippen molar-refractivity contribution in [3.8, 4) is 22.6 Å². The largest absolute Gasteiger partial charge is 0.463 e. The van der Waals surface area contributed by atoms with Gasteiger partial charge in [0.1, 0.15) is 5.69 Å². The number of pyridine rings is 1. The van der Waals surface area contributed by atoms with E-state index in [1.54, 1.807) is 6.26 Å². The van der Waals surface area contributed by atoms with Crippen LogP contribution in [0.5, 0.6) is 0 Å². The van der Waals surface area contributed by atoms with E-state index in [2.05, 4.69) is 62.4 Å². The summed E-state index contributed by atoms with van der Waals surface area (Å²) in [4.78, 5) is 4.78. The van der Waals surface area contributed by atoms with Crippen molar-refractivity contribution in [3.63, 3.8) is 0 Å². The third-order valence-corrected chi connectivity index (χ3v) is 4.22. The van der Waals surface area contributed by atoms with E-state index in [-0.39, 0.29) is 0 Å². The summed E-state index contributed by atoms with van der Waals surface area (Å²) in [6.45, 7) is 4.13. The number of furan rings is 1. The summed E-state index contributed by atoms with van der Waals surface area (Å²) >= 11 is 0. The third kappa shape index (κ3) is 2.42. The molecule has 0 saturated heterocycles. The lowest BCUT2D eigenvalue weighted by molar-refractivity contribution is 0.579. The normalized spacial score (nSPS) is 11.0. The molecule has 2 heterocycles. The molecule has 2 aromatic carbocycles. The van der Waals surface area contributed by atoms with Gasteiger partial charge >= 0.3 is 0 Å². The fourth-order valence-corrected chi connectivity index (χ4v) is 3.02. The summed E-state index contributed by atoms with van der Waals surface area (Å²) in [5.41, 5.74) is 5.41. The van der Waals surface area contributed by atoms with Gasteiger partial charge in [-0.05, 0) is 60.0 Å². The Hall–Kier alpha value is -2.87. The molecule has 0 N–H and O–H groups in total. The maximum atomic E-state index is 5.50. The highest BCUT2D eigenvalue weighted by Crippen LogP contribution is 2.31. The van der Waals surface area contributed by atoms with Crippen molar-refractivity contribution in [3.05, 3.63) is 78.2 Å². The van der Waals surface area contributed by atoms with Crippen LogP contribution in [0, 0.1) is 13.8 Å². The van der Waals surface area contributed by atoms with Crippen molar-refractivity contribution >= 4 is 10.8 Å². The first-order valence-electron chi connectivity index (χ1n) is 7.74. The summed E-state index contributed by atoms with van der Waals surface area (Å²) in [6, 6.07) is 21.0. The molecule has 4 aromatic rings. The number of hydrogen-bond donors (Lipinski definition) is 0. The van der Waals surface area contributed by atoms with Crippen molar-refractivity contribution in [2.45, 2.75) is 13.8 Å². The van der Waals surface area contributed by atoms with Gasteiger partial charge in [-0.25, -0.2) is 4.98 Å². The molecule has 0 bridgehead atoms. The number of hydrogen-bond acceptors (Lipinski definition) is 2. The molecule has 0 amide bonds. The van der Waals surface area contributed by atoms with Crippen LogP contribution in [0.1, 0.15) is 11.3 Å². The lowest BCUT2D eigenvalue weighted by Crippen LogP contribution is -1.94. The van der Waals surface area contributed by atoms with Gasteiger partial charge in [0.05, 0.1) is 6.26 Å². The molecule has 0 fully saturated rings. The minimum atomic E-state index is 0.815. The molecular formula is C21H17NO. The molecule has 0 aliphatic carbocycles. The number of nitrogens with zero attached hydrogens (tertiary/aromatic N) is 1. The molecule has 0 aliphatic heterocycles. The molecule has 2 aromatic heterocycles. The SMILES string of the molecule is Cc1cc(-c2ccc3ccccc3c2)c(C)nc1-c1ccco1. The monoisotopic (exact) mass is 299 g/mol. The Morgan fingerprint density at radius 1 is 0.826 bits per heavy atom. The Morgan fingerprint density at radius 3 is 2.43 bits per heavy atom. The van der Waals surface area contributed by atoms with Gasteiger partial charge in [0.25, 0.3) is 0 Å². The first-order valence-corrected chi connectivity index (χ1v) is 7.74. The zero-order valence-corrected chi connectivity index (χ0v) is 13.2. The van der Waals surface area contributed by atoms with Crippen LogP contribution in [0.4, 0.5) is 0 Å². The van der Waals surface area contributed by atoms with Crippen LogP contribution < -0.4 is 0 Å². The Kier molecular flexibility index (Phi) is 3.23. The fraction of sp³-hybridized carbons (Fsp3) is 0.0952. The minimum Gasteiger partial charge on any atom is -0.463 e. The lowest BCUT2D eigenvalue weighted by Gasteiger charge is -2.11. The number of rotatable bonds is 2. The van der Waals surface area contributed by atoms with Crippen molar-refractivity contribution in [2.24, 2.45) is 0 Å². The van der Waals surface area contributed by atoms with Gasteiger partial charge in [0.2, 0.25) is 0 Å². The summed E-state index contributed by atoms with van der Waals surface area (Å²) in [5.74, 6) is 0.815. The quantitative estimate of drug-likeness (QED) is 0.469. The van der Waals surface area contributed by atoms with E-state index in [4.69, 9.17) is 9.40 Å². The number of fused-ring (bicyclic) bond motifs is 1. The smallest absolute Gasteiger partial charge is 0.152 e. The highest BCUT2D eigenvalue weighted by molar-refractivity contribution is 5.87. The molecule has 2 heteroatoms. The average Bonchev–Trinajstić information content (AvgIpc) is 3.10. The van der Waals surface area contributed by atoms with Gasteiger partial charge in [0, 0.05) is 11.3 Å². The molecule has 0 saturated carbocycles. The van der Waals surface area contributed by atoms with E-state index in [0.29, 0.717) is 0 Å². The van der Waals surface area contributed by atoms with Gasteiger partial charge in [-0.1, -0.05) is 36.4 Å². The Morgan fingerprint density at radius 2 is 1.65 bits per heavy atom. The van der Waals surface area contributed by atoms with E-state index >= 15 is 0 Å². The van der Waals surface area contributed by atoms with E-state index in [1.165, 1.54) is 21.9 Å². The molecule has 23 heavy (non-hydrogen) atoms. The van der Waals surface area contributed by atoms with Gasteiger partial charge < -0.3 is 4.42 Å². The summed E-state index contributed by atoms with van der Waals surface area (Å²) in [5, 5.41) is 2.50. The van der Waals surface area contributed by atoms with E-state index < -0.39 is 0 Å². The first-order chi connectivity index (χ1) is 11.2. The summed E-state index contributed by atoms with van der Waals surface area (Å²) in [7, 11) is 0. The zero-order chi connectivity index (χ0) is 15.8. The van der Waals surface area contributed by atoms with Crippen molar-refractivity contribution in [1.29, 1.82) is 0 Å². The maximum absolute atomic E-state index is 5.50. The van der Waals surface area contributed by atoms with E-state index in [0.717, 1.165) is 22.7 Å². The fourth-order valence-electron chi connectivity index (χ4n) is 3.02. The van der Waals surface area contributed by atoms with Crippen LogP contribution in [-0.2, 0) is 0 Å². The molecule has 2 nitrogen and oxygen atoms in total. The summed E-state index contributed by atoms with van der Waals surface area (Å²) in [6.07, 6.45) is 1.68. The molecule has 0 aliphatic rings. The highest BCUT2D eigenvalue weighted by atomic mass is 16.3. The van der Waals surface area contributed by atoms with E-state index in [9.17, 15) is 0 Å². The van der Waals surface area contributed by atoms with Crippen molar-refractivity contribution in [2.75, 3.05) is 0 Å². The summed E-state index contributed by atoms with van der Waals surface area (Å²) < 4.78 is 5.50. The minimum absolute atomic E-state index is 0.815. The molecule has 112 valence electrons. The average molecular weight is 299 g/mol. The molecule has 0 radical (unpaired) electrons. The van der Waals surface area contributed by atoms with Gasteiger partial charge in [-0.2, -0.15) is 0 Å². The first kappa shape index (κ1) is 13.8. The zero-order valence-electron chi connectivity index (χ0n) is 13.2. The number of benzene rings is 2. The Bertz CT molecular complexity index is 984. The van der Waals surface area contributed by atoms with Crippen molar-refractivity contribution in [1.82, 2.24) is 4.98 Å². The molecule has 0 spiro atoms. The van der Waals surface area contributed by atoms with Gasteiger partial charge in [-0.15, -0.1) is 0 Å². The molecular weight excluding hydrogens is 282 g/mol. The van der Waals surface area contributed by atoms with E-state index in [1.807, 2.05) is 12.1 Å². The van der Waals surface area contributed by atoms with Crippen LogP contribution >= 0.6 is 0 Å². The second-order valence-electron chi connectivity index (χ2n) is 5.83. The predicted octanol–water partition coefficient (Wildman–Crippen LogP) is 5.78. The van der Waals surface area contributed by atoms with Crippen molar-refractivity contribution < 1.29 is 4.42 Å². The van der Waals surface area contributed by atoms with Gasteiger partial charge in [0.15, 0.2) is 5.76 Å². The molecule has 0 unspecified atom stereocenters. The molecule has 0 atom stereocenters. The van der Waals surface area contributed by atoms with Crippen LogP contribution in [0.2, 0.25) is 0 Å². The lowest BCUT2D eigenvalue weighted by atomic mass is 9.98. The number of aromatic nitrogens is 1. The highest BCUT2D eigenvalue weighted by Gasteiger charge is 2.12. The number of aryl methyl sites for hydroxylation is 2. The standard InChI is InChI=1S/C21H17NO/c1-14-12-19(15(2)22-21(14)20-8-5-11-23-20)18-10-9-16-6-3-4-7-17(16)13-18/h3-13H,1-2H3. The predicted molar refractivity (Wildman–Crippen MR) is 94.4 cm³/mol. The molecule has 4 rings (SSSR count). The maximum Gasteiger partial charge on any atom is 0.152 e. The third-order valence-electron chi connectivity index (χ3n) is 4.22. The van der Waals surface area contributed by atoms with Gasteiger partial charge in [-0.3, -0.25) is 0 Å². The van der Waals surface area contributed by atoms with Crippen LogP contribution in [0.3, 0.4) is 0 Å². The second kappa shape index (κ2) is 5.40.